The molecule has 6 rings (SSSR count). The molecule has 4 aliphatic heterocycles. The molecule has 2 amide bonds. The zero-order valence-corrected chi connectivity index (χ0v) is 16.7. The molecule has 1 spiro atoms. The fourth-order valence-corrected chi connectivity index (χ4v) is 4.98. The fourth-order valence-electron chi connectivity index (χ4n) is 4.98. The van der Waals surface area contributed by atoms with Crippen molar-refractivity contribution in [3.63, 3.8) is 0 Å². The number of fused-ring (bicyclic) bond motifs is 2. The van der Waals surface area contributed by atoms with Gasteiger partial charge in [0.05, 0.1) is 31.6 Å². The monoisotopic (exact) mass is 420 g/mol. The van der Waals surface area contributed by atoms with Crippen LogP contribution in [0.5, 0.6) is 17.2 Å². The Hall–Kier alpha value is -3.52. The maximum absolute atomic E-state index is 13.4. The number of hydrogen-bond donors (Lipinski definition) is 1. The van der Waals surface area contributed by atoms with Crippen LogP contribution in [-0.2, 0) is 14.3 Å². The van der Waals surface area contributed by atoms with E-state index in [4.69, 9.17) is 18.9 Å². The van der Waals surface area contributed by atoms with Gasteiger partial charge in [0.15, 0.2) is 11.5 Å². The van der Waals surface area contributed by atoms with Gasteiger partial charge in [0.2, 0.25) is 18.6 Å². The number of hydrogen-bond acceptors (Lipinski definition) is 6. The van der Waals surface area contributed by atoms with Gasteiger partial charge in [0, 0.05) is 17.4 Å². The van der Waals surface area contributed by atoms with Gasteiger partial charge in [-0.2, -0.15) is 0 Å². The lowest BCUT2D eigenvalue weighted by Gasteiger charge is -2.23. The minimum absolute atomic E-state index is 0.108. The van der Waals surface area contributed by atoms with Crippen LogP contribution < -0.4 is 24.4 Å². The summed E-state index contributed by atoms with van der Waals surface area (Å²) in [4.78, 5) is 28.3. The molecule has 1 N–H and O–H groups in total. The van der Waals surface area contributed by atoms with Gasteiger partial charge in [-0.25, -0.2) is 0 Å². The molecule has 31 heavy (non-hydrogen) atoms. The van der Waals surface area contributed by atoms with Gasteiger partial charge >= 0.3 is 0 Å². The Balaban J connectivity index is 1.26. The Morgan fingerprint density at radius 1 is 1.16 bits per heavy atom. The summed E-state index contributed by atoms with van der Waals surface area (Å²) >= 11 is 0. The fraction of sp³-hybridized carbons (Fsp3) is 0.304. The van der Waals surface area contributed by atoms with Gasteiger partial charge in [-0.1, -0.05) is 12.2 Å². The van der Waals surface area contributed by atoms with E-state index in [2.05, 4.69) is 5.32 Å². The number of carbonyl (C=O) groups is 2. The van der Waals surface area contributed by atoms with E-state index in [0.717, 1.165) is 5.69 Å². The summed E-state index contributed by atoms with van der Waals surface area (Å²) in [6.07, 6.45) is 3.42. The topological polar surface area (TPSA) is 86.3 Å². The SMILES string of the molecule is COc1ccc(N2C[C@]34C=C[C@@H](O3)C(C(=O)Nc3ccc5c(c3)OCO5)[C@H]4C2=O)cc1. The third kappa shape index (κ3) is 2.64. The quantitative estimate of drug-likeness (QED) is 0.765. The van der Waals surface area contributed by atoms with Gasteiger partial charge in [0.25, 0.3) is 0 Å². The lowest BCUT2D eigenvalue weighted by Crippen LogP contribution is -2.41. The molecule has 8 heteroatoms. The Morgan fingerprint density at radius 3 is 2.77 bits per heavy atom. The minimum atomic E-state index is -0.779. The van der Waals surface area contributed by atoms with E-state index < -0.39 is 23.5 Å². The largest absolute Gasteiger partial charge is 0.497 e. The summed E-state index contributed by atoms with van der Waals surface area (Å²) in [6, 6.07) is 12.5. The molecule has 1 unspecified atom stereocenters. The molecule has 4 aliphatic rings. The van der Waals surface area contributed by atoms with Gasteiger partial charge < -0.3 is 29.2 Å². The number of anilines is 2. The van der Waals surface area contributed by atoms with Crippen molar-refractivity contribution < 1.29 is 28.5 Å². The Kier molecular flexibility index (Phi) is 3.82. The Labute approximate surface area is 178 Å². The molecular weight excluding hydrogens is 400 g/mol. The van der Waals surface area contributed by atoms with E-state index in [1.807, 2.05) is 36.4 Å². The molecule has 2 saturated heterocycles. The molecule has 8 nitrogen and oxygen atoms in total. The maximum atomic E-state index is 13.4. The first-order valence-electron chi connectivity index (χ1n) is 10.1. The Morgan fingerprint density at radius 2 is 1.97 bits per heavy atom. The van der Waals surface area contributed by atoms with Crippen LogP contribution in [0.4, 0.5) is 11.4 Å². The van der Waals surface area contributed by atoms with E-state index in [-0.39, 0.29) is 18.6 Å². The molecular formula is C23H20N2O6. The highest BCUT2D eigenvalue weighted by molar-refractivity contribution is 6.05. The van der Waals surface area contributed by atoms with E-state index in [1.165, 1.54) is 0 Å². The molecule has 0 radical (unpaired) electrons. The van der Waals surface area contributed by atoms with E-state index in [9.17, 15) is 9.59 Å². The predicted octanol–water partition coefficient (Wildman–Crippen LogP) is 2.35. The summed E-state index contributed by atoms with van der Waals surface area (Å²) in [5.74, 6) is 0.412. The molecule has 0 aromatic heterocycles. The second kappa shape index (κ2) is 6.49. The molecule has 0 saturated carbocycles. The highest BCUT2D eigenvalue weighted by Crippen LogP contribution is 2.53. The van der Waals surface area contributed by atoms with Crippen molar-refractivity contribution >= 4 is 23.2 Å². The molecule has 0 aliphatic carbocycles. The first-order valence-corrected chi connectivity index (χ1v) is 10.1. The van der Waals surface area contributed by atoms with E-state index in [1.54, 1.807) is 30.2 Å². The third-order valence-electron chi connectivity index (χ3n) is 6.43. The van der Waals surface area contributed by atoms with Gasteiger partial charge in [-0.05, 0) is 36.4 Å². The summed E-state index contributed by atoms with van der Waals surface area (Å²) in [6.45, 7) is 0.542. The van der Waals surface area contributed by atoms with Gasteiger partial charge in [-0.15, -0.1) is 0 Å². The van der Waals surface area contributed by atoms with Gasteiger partial charge in [-0.3, -0.25) is 9.59 Å². The van der Waals surface area contributed by atoms with Crippen molar-refractivity contribution in [1.82, 2.24) is 0 Å². The first kappa shape index (κ1) is 18.3. The van der Waals surface area contributed by atoms with Crippen LogP contribution >= 0.6 is 0 Å². The van der Waals surface area contributed by atoms with Crippen molar-refractivity contribution in [2.75, 3.05) is 30.7 Å². The molecule has 2 fully saturated rings. The highest BCUT2D eigenvalue weighted by atomic mass is 16.7. The van der Waals surface area contributed by atoms with Crippen molar-refractivity contribution in [2.24, 2.45) is 11.8 Å². The molecule has 2 bridgehead atoms. The number of rotatable bonds is 4. The van der Waals surface area contributed by atoms with Crippen LogP contribution in [0.3, 0.4) is 0 Å². The second-order valence-corrected chi connectivity index (χ2v) is 8.08. The average molecular weight is 420 g/mol. The summed E-state index contributed by atoms with van der Waals surface area (Å²) in [7, 11) is 1.60. The maximum Gasteiger partial charge on any atom is 0.234 e. The molecule has 4 atom stereocenters. The number of carbonyl (C=O) groups excluding carboxylic acids is 2. The van der Waals surface area contributed by atoms with E-state index >= 15 is 0 Å². The first-order chi connectivity index (χ1) is 15.1. The molecule has 4 heterocycles. The highest BCUT2D eigenvalue weighted by Gasteiger charge is 2.67. The van der Waals surface area contributed by atoms with Crippen LogP contribution in [0.2, 0.25) is 0 Å². The smallest absolute Gasteiger partial charge is 0.234 e. The van der Waals surface area contributed by atoms with Crippen molar-refractivity contribution in [2.45, 2.75) is 11.7 Å². The predicted molar refractivity (Wildman–Crippen MR) is 110 cm³/mol. The number of ether oxygens (including phenoxy) is 4. The standard InChI is InChI=1S/C23H20N2O6/c1-28-15-5-3-14(4-6-15)25-11-23-9-8-17(31-23)19(20(23)22(25)27)21(26)24-13-2-7-16-18(10-13)30-12-29-16/h2-10,17,19-20H,11-12H2,1H3,(H,24,26)/t17-,19?,20+,23+/m1/s1. The number of nitrogens with zero attached hydrogens (tertiary/aromatic N) is 1. The van der Waals surface area contributed by atoms with Crippen LogP contribution in [0.25, 0.3) is 0 Å². The van der Waals surface area contributed by atoms with Crippen LogP contribution in [-0.4, -0.2) is 44.0 Å². The molecule has 2 aromatic rings. The van der Waals surface area contributed by atoms with E-state index in [0.29, 0.717) is 29.5 Å². The van der Waals surface area contributed by atoms with Crippen LogP contribution in [0.15, 0.2) is 54.6 Å². The van der Waals surface area contributed by atoms with Crippen molar-refractivity contribution in [1.29, 1.82) is 0 Å². The second-order valence-electron chi connectivity index (χ2n) is 8.08. The minimum Gasteiger partial charge on any atom is -0.497 e. The zero-order valence-electron chi connectivity index (χ0n) is 16.7. The third-order valence-corrected chi connectivity index (χ3v) is 6.43. The summed E-state index contributed by atoms with van der Waals surface area (Å²) < 4.78 is 22.1. The lowest BCUT2D eigenvalue weighted by molar-refractivity contribution is -0.128. The van der Waals surface area contributed by atoms with Crippen LogP contribution in [0.1, 0.15) is 0 Å². The van der Waals surface area contributed by atoms with Crippen molar-refractivity contribution in [3.05, 3.63) is 54.6 Å². The summed E-state index contributed by atoms with van der Waals surface area (Å²) in [5, 5.41) is 2.92. The molecule has 158 valence electrons. The Bertz CT molecular complexity index is 1110. The number of amides is 2. The number of methoxy groups -OCH3 is 1. The number of benzene rings is 2. The molecule has 2 aromatic carbocycles. The average Bonchev–Trinajstić information content (AvgIpc) is 3.54. The van der Waals surface area contributed by atoms with Crippen molar-refractivity contribution in [3.8, 4) is 17.2 Å². The number of nitrogens with one attached hydrogen (secondary N) is 1. The van der Waals surface area contributed by atoms with Gasteiger partial charge in [0.1, 0.15) is 11.4 Å². The summed E-state index contributed by atoms with van der Waals surface area (Å²) in [5.41, 5.74) is 0.566. The lowest BCUT2D eigenvalue weighted by atomic mass is 9.77. The zero-order chi connectivity index (χ0) is 21.2. The van der Waals surface area contributed by atoms with Crippen LogP contribution in [0, 0.1) is 11.8 Å². The normalized spacial score (nSPS) is 29.4.